The van der Waals surface area contributed by atoms with Gasteiger partial charge in [0.1, 0.15) is 5.69 Å². The van der Waals surface area contributed by atoms with E-state index in [0.717, 1.165) is 31.6 Å². The van der Waals surface area contributed by atoms with Gasteiger partial charge in [-0.05, 0) is 49.1 Å². The van der Waals surface area contributed by atoms with Crippen LogP contribution in [-0.2, 0) is 4.79 Å². The zero-order valence-electron chi connectivity index (χ0n) is 22.5. The molecule has 2 saturated heterocycles. The van der Waals surface area contributed by atoms with Crippen molar-refractivity contribution in [2.24, 2.45) is 11.3 Å². The molecule has 2 heterocycles. The number of halogens is 1. The first-order valence-electron chi connectivity index (χ1n) is 13.1. The van der Waals surface area contributed by atoms with Crippen LogP contribution >= 0.6 is 11.6 Å². The summed E-state index contributed by atoms with van der Waals surface area (Å²) in [6.45, 7) is 12.1. The number of hydrogen-bond donors (Lipinski definition) is 1. The SMILES string of the molecule is CC1CCN(c2ccc(C(=O)Nc3ccc(N4CCN(C(=O)C(C)(C)C)CC4)c(Cl)c3)cc2[N+](=O)[O-])CC1. The number of nitro groups is 1. The number of hydrogen-bond acceptors (Lipinski definition) is 6. The van der Waals surface area contributed by atoms with E-state index in [1.165, 1.54) is 6.07 Å². The molecule has 2 aliphatic rings. The number of carbonyl (C=O) groups excluding carboxylic acids is 2. The molecule has 2 amide bonds. The van der Waals surface area contributed by atoms with Gasteiger partial charge in [-0.25, -0.2) is 0 Å². The van der Waals surface area contributed by atoms with Crippen LogP contribution in [0.25, 0.3) is 0 Å². The normalized spacial score (nSPS) is 16.9. The highest BCUT2D eigenvalue weighted by Gasteiger charge is 2.30. The molecular weight excluding hydrogens is 506 g/mol. The van der Waals surface area contributed by atoms with Crippen LogP contribution in [0.15, 0.2) is 36.4 Å². The largest absolute Gasteiger partial charge is 0.367 e. The Morgan fingerprint density at radius 1 is 0.947 bits per heavy atom. The van der Waals surface area contributed by atoms with Crippen molar-refractivity contribution in [3.8, 4) is 0 Å². The molecule has 0 unspecified atom stereocenters. The summed E-state index contributed by atoms with van der Waals surface area (Å²) in [7, 11) is 0. The third-order valence-corrected chi connectivity index (χ3v) is 7.62. The molecule has 9 nitrogen and oxygen atoms in total. The van der Waals surface area contributed by atoms with Crippen LogP contribution in [0.2, 0.25) is 5.02 Å². The molecular formula is C28H36ClN5O4. The van der Waals surface area contributed by atoms with Crippen molar-refractivity contribution < 1.29 is 14.5 Å². The molecule has 2 fully saturated rings. The van der Waals surface area contributed by atoms with Gasteiger partial charge in [0, 0.05) is 62.0 Å². The molecule has 2 aromatic carbocycles. The van der Waals surface area contributed by atoms with Crippen LogP contribution in [0.3, 0.4) is 0 Å². The Hall–Kier alpha value is -3.33. The number of amides is 2. The molecule has 2 aliphatic heterocycles. The zero-order valence-corrected chi connectivity index (χ0v) is 23.3. The first-order chi connectivity index (χ1) is 17.9. The number of nitrogens with zero attached hydrogens (tertiary/aromatic N) is 4. The molecule has 0 radical (unpaired) electrons. The number of nitro benzene ring substituents is 1. The predicted molar refractivity (Wildman–Crippen MR) is 151 cm³/mol. The molecule has 38 heavy (non-hydrogen) atoms. The Kier molecular flexibility index (Phi) is 8.16. The molecule has 0 saturated carbocycles. The van der Waals surface area contributed by atoms with Gasteiger partial charge in [0.05, 0.1) is 15.6 Å². The van der Waals surface area contributed by atoms with Crippen LogP contribution in [0.5, 0.6) is 0 Å². The second-order valence-electron chi connectivity index (χ2n) is 11.3. The third-order valence-electron chi connectivity index (χ3n) is 7.31. The van der Waals surface area contributed by atoms with Crippen LogP contribution in [0, 0.1) is 21.4 Å². The minimum absolute atomic E-state index is 0.0651. The first kappa shape index (κ1) is 27.7. The lowest BCUT2D eigenvalue weighted by atomic mass is 9.94. The molecule has 10 heteroatoms. The van der Waals surface area contributed by atoms with E-state index in [2.05, 4.69) is 17.1 Å². The number of benzene rings is 2. The molecule has 2 aromatic rings. The minimum Gasteiger partial charge on any atom is -0.367 e. The zero-order chi connectivity index (χ0) is 27.6. The average molecular weight is 542 g/mol. The van der Waals surface area contributed by atoms with Gasteiger partial charge in [-0.2, -0.15) is 0 Å². The van der Waals surface area contributed by atoms with Gasteiger partial charge in [-0.15, -0.1) is 0 Å². The second kappa shape index (κ2) is 11.2. The summed E-state index contributed by atoms with van der Waals surface area (Å²) in [4.78, 5) is 42.9. The van der Waals surface area contributed by atoms with Crippen molar-refractivity contribution in [3.05, 3.63) is 57.1 Å². The van der Waals surface area contributed by atoms with Crippen LogP contribution in [0.4, 0.5) is 22.7 Å². The Morgan fingerprint density at radius 2 is 1.55 bits per heavy atom. The van der Waals surface area contributed by atoms with E-state index < -0.39 is 16.2 Å². The number of anilines is 3. The van der Waals surface area contributed by atoms with Crippen molar-refractivity contribution in [1.82, 2.24) is 4.90 Å². The average Bonchev–Trinajstić information content (AvgIpc) is 2.88. The first-order valence-corrected chi connectivity index (χ1v) is 13.5. The lowest BCUT2D eigenvalue weighted by molar-refractivity contribution is -0.384. The fourth-order valence-electron chi connectivity index (χ4n) is 5.00. The van der Waals surface area contributed by atoms with Gasteiger partial charge < -0.3 is 20.0 Å². The Morgan fingerprint density at radius 3 is 2.13 bits per heavy atom. The van der Waals surface area contributed by atoms with E-state index in [-0.39, 0.29) is 17.2 Å². The summed E-state index contributed by atoms with van der Waals surface area (Å²) in [6, 6.07) is 9.94. The van der Waals surface area contributed by atoms with Crippen LogP contribution in [0.1, 0.15) is 50.9 Å². The van der Waals surface area contributed by atoms with E-state index in [4.69, 9.17) is 11.6 Å². The molecule has 1 N–H and O–H groups in total. The van der Waals surface area contributed by atoms with Crippen molar-refractivity contribution in [3.63, 3.8) is 0 Å². The van der Waals surface area contributed by atoms with Gasteiger partial charge >= 0.3 is 0 Å². The summed E-state index contributed by atoms with van der Waals surface area (Å²) < 4.78 is 0. The van der Waals surface area contributed by atoms with Gasteiger partial charge in [-0.3, -0.25) is 19.7 Å². The fourth-order valence-corrected chi connectivity index (χ4v) is 5.30. The monoisotopic (exact) mass is 541 g/mol. The Labute approximate surface area is 228 Å². The van der Waals surface area contributed by atoms with E-state index in [1.807, 2.05) is 36.6 Å². The highest BCUT2D eigenvalue weighted by atomic mass is 35.5. The lowest BCUT2D eigenvalue weighted by Gasteiger charge is -2.39. The smallest absolute Gasteiger partial charge is 0.293 e. The molecule has 4 rings (SSSR count). The van der Waals surface area contributed by atoms with E-state index in [0.29, 0.717) is 48.5 Å². The fraction of sp³-hybridized carbons (Fsp3) is 0.500. The van der Waals surface area contributed by atoms with Crippen molar-refractivity contribution in [2.75, 3.05) is 54.4 Å². The number of rotatable bonds is 5. The minimum atomic E-state index is -0.440. The maximum Gasteiger partial charge on any atom is 0.293 e. The topological polar surface area (TPSA) is 99.0 Å². The Bertz CT molecular complexity index is 1210. The molecule has 0 spiro atoms. The summed E-state index contributed by atoms with van der Waals surface area (Å²) in [6.07, 6.45) is 1.97. The molecule has 0 aromatic heterocycles. The van der Waals surface area contributed by atoms with Gasteiger partial charge in [0.25, 0.3) is 11.6 Å². The Balaban J connectivity index is 1.42. The second-order valence-corrected chi connectivity index (χ2v) is 11.7. The van der Waals surface area contributed by atoms with E-state index in [1.54, 1.807) is 24.3 Å². The summed E-state index contributed by atoms with van der Waals surface area (Å²) >= 11 is 6.58. The van der Waals surface area contributed by atoms with Crippen molar-refractivity contribution in [1.29, 1.82) is 0 Å². The van der Waals surface area contributed by atoms with Crippen LogP contribution < -0.4 is 15.1 Å². The maximum absolute atomic E-state index is 13.0. The van der Waals surface area contributed by atoms with E-state index >= 15 is 0 Å². The number of piperazine rings is 1. The number of piperidine rings is 1. The molecule has 0 bridgehead atoms. The standard InChI is InChI=1S/C28H36ClN5O4/c1-19-9-11-31(12-10-19)24-7-5-20(17-25(24)34(37)38)26(35)30-21-6-8-23(22(29)18-21)32-13-15-33(16-14-32)27(36)28(2,3)4/h5-8,17-19H,9-16H2,1-4H3,(H,30,35). The number of carbonyl (C=O) groups is 2. The molecule has 0 aliphatic carbocycles. The molecule has 204 valence electrons. The van der Waals surface area contributed by atoms with Crippen molar-refractivity contribution in [2.45, 2.75) is 40.5 Å². The van der Waals surface area contributed by atoms with Crippen molar-refractivity contribution >= 4 is 46.2 Å². The summed E-state index contributed by atoms with van der Waals surface area (Å²) in [5.41, 5.74) is 1.63. The predicted octanol–water partition coefficient (Wildman–Crippen LogP) is 5.43. The van der Waals surface area contributed by atoms with Gasteiger partial charge in [0.2, 0.25) is 5.91 Å². The summed E-state index contributed by atoms with van der Waals surface area (Å²) in [5, 5.41) is 15.1. The number of nitrogens with one attached hydrogen (secondary N) is 1. The van der Waals surface area contributed by atoms with Crippen LogP contribution in [-0.4, -0.2) is 60.9 Å². The third kappa shape index (κ3) is 6.20. The quantitative estimate of drug-likeness (QED) is 0.400. The maximum atomic E-state index is 13.0. The lowest BCUT2D eigenvalue weighted by Crippen LogP contribution is -2.51. The van der Waals surface area contributed by atoms with Gasteiger partial charge in [0.15, 0.2) is 0 Å². The summed E-state index contributed by atoms with van der Waals surface area (Å²) in [5.74, 6) is 0.306. The van der Waals surface area contributed by atoms with Gasteiger partial charge in [-0.1, -0.05) is 39.3 Å². The molecule has 0 atom stereocenters. The van der Waals surface area contributed by atoms with E-state index in [9.17, 15) is 19.7 Å². The highest BCUT2D eigenvalue weighted by molar-refractivity contribution is 6.33. The highest BCUT2D eigenvalue weighted by Crippen LogP contribution is 2.34.